The fourth-order valence-corrected chi connectivity index (χ4v) is 2.26. The van der Waals surface area contributed by atoms with E-state index in [0.717, 1.165) is 8.58 Å². The fourth-order valence-electron chi connectivity index (χ4n) is 1.21. The van der Waals surface area contributed by atoms with Gasteiger partial charge in [0.05, 0.1) is 5.34 Å². The van der Waals surface area contributed by atoms with E-state index in [1.165, 1.54) is 10.6 Å². The SMILES string of the molecule is ClCCl.c1ccc(Pc2ccccc2)cc1. The van der Waals surface area contributed by atoms with Crippen LogP contribution < -0.4 is 10.6 Å². The molecule has 0 bridgehead atoms. The molecule has 0 nitrogen and oxygen atoms in total. The maximum absolute atomic E-state index is 4.76. The van der Waals surface area contributed by atoms with E-state index in [0.29, 0.717) is 0 Å². The third kappa shape index (κ3) is 5.51. The first-order valence-electron chi connectivity index (χ1n) is 4.86. The Labute approximate surface area is 108 Å². The van der Waals surface area contributed by atoms with Crippen molar-refractivity contribution in [2.75, 3.05) is 5.34 Å². The largest absolute Gasteiger partial charge is 0.109 e. The monoisotopic (exact) mass is 270 g/mol. The van der Waals surface area contributed by atoms with E-state index in [1.54, 1.807) is 0 Å². The molecule has 3 heteroatoms. The molecule has 0 unspecified atom stereocenters. The van der Waals surface area contributed by atoms with Crippen LogP contribution in [-0.4, -0.2) is 5.34 Å². The Morgan fingerprint density at radius 3 is 1.31 bits per heavy atom. The van der Waals surface area contributed by atoms with Gasteiger partial charge in [0.2, 0.25) is 0 Å². The average Bonchev–Trinajstić information content (AvgIpc) is 2.33. The van der Waals surface area contributed by atoms with Gasteiger partial charge in [0, 0.05) is 0 Å². The first-order chi connectivity index (χ1) is 7.86. The molecule has 2 aromatic rings. The van der Waals surface area contributed by atoms with Crippen LogP contribution >= 0.6 is 31.8 Å². The Hall–Kier alpha value is -0.550. The molecule has 0 aliphatic heterocycles. The highest BCUT2D eigenvalue weighted by atomic mass is 35.5. The van der Waals surface area contributed by atoms with E-state index in [4.69, 9.17) is 23.2 Å². The smallest absolute Gasteiger partial charge is 0.0967 e. The normalized spacial score (nSPS) is 9.12. The van der Waals surface area contributed by atoms with Crippen LogP contribution in [-0.2, 0) is 0 Å². The summed E-state index contributed by atoms with van der Waals surface area (Å²) in [6.45, 7) is 0. The van der Waals surface area contributed by atoms with Crippen LogP contribution in [0.15, 0.2) is 60.7 Å². The van der Waals surface area contributed by atoms with Crippen molar-refractivity contribution in [3.8, 4) is 0 Å². The molecule has 0 aromatic heterocycles. The molecule has 0 fully saturated rings. The lowest BCUT2D eigenvalue weighted by Crippen LogP contribution is -2.01. The summed E-state index contributed by atoms with van der Waals surface area (Å²) in [6.07, 6.45) is 0. The first-order valence-corrected chi connectivity index (χ1v) is 6.92. The summed E-state index contributed by atoms with van der Waals surface area (Å²) in [5.74, 6) is 0. The van der Waals surface area contributed by atoms with Crippen LogP contribution in [0.25, 0.3) is 0 Å². The molecule has 0 saturated carbocycles. The summed E-state index contributed by atoms with van der Waals surface area (Å²) in [6, 6.07) is 21.2. The molecule has 16 heavy (non-hydrogen) atoms. The topological polar surface area (TPSA) is 0 Å². The molecule has 0 aliphatic carbocycles. The maximum atomic E-state index is 4.76. The second kappa shape index (κ2) is 8.58. The minimum Gasteiger partial charge on any atom is -0.109 e. The van der Waals surface area contributed by atoms with Crippen molar-refractivity contribution in [2.45, 2.75) is 0 Å². The molecule has 0 atom stereocenters. The lowest BCUT2D eigenvalue weighted by atomic mass is 10.4. The lowest BCUT2D eigenvalue weighted by Gasteiger charge is -2.00. The summed E-state index contributed by atoms with van der Waals surface area (Å²) in [7, 11) is 0.777. The summed E-state index contributed by atoms with van der Waals surface area (Å²) in [5, 5.41) is 2.99. The van der Waals surface area contributed by atoms with Gasteiger partial charge in [-0.15, -0.1) is 23.2 Å². The van der Waals surface area contributed by atoms with E-state index >= 15 is 0 Å². The van der Waals surface area contributed by atoms with Crippen molar-refractivity contribution in [3.05, 3.63) is 60.7 Å². The third-order valence-corrected chi connectivity index (χ3v) is 3.08. The van der Waals surface area contributed by atoms with Gasteiger partial charge in [-0.05, 0) is 10.6 Å². The summed E-state index contributed by atoms with van der Waals surface area (Å²) in [4.78, 5) is 0. The third-order valence-electron chi connectivity index (χ3n) is 1.84. The van der Waals surface area contributed by atoms with Crippen molar-refractivity contribution in [2.24, 2.45) is 0 Å². The van der Waals surface area contributed by atoms with E-state index in [2.05, 4.69) is 60.7 Å². The lowest BCUT2D eigenvalue weighted by molar-refractivity contribution is 1.76. The Kier molecular flexibility index (Phi) is 7.25. The quantitative estimate of drug-likeness (QED) is 0.576. The standard InChI is InChI=1S/C12H11P.CH2Cl2/c1-3-7-11(8-4-1)13-12-9-5-2-6-10-12;2-1-3/h1-10,13H;1H2. The van der Waals surface area contributed by atoms with Crippen molar-refractivity contribution in [1.82, 2.24) is 0 Å². The zero-order chi connectivity index (χ0) is 11.6. The molecule has 0 amide bonds. The van der Waals surface area contributed by atoms with Gasteiger partial charge in [0.25, 0.3) is 0 Å². The van der Waals surface area contributed by atoms with Gasteiger partial charge in [0.1, 0.15) is 0 Å². The van der Waals surface area contributed by atoms with Gasteiger partial charge in [-0.25, -0.2) is 0 Å². The van der Waals surface area contributed by atoms with Crippen LogP contribution in [0.4, 0.5) is 0 Å². The number of alkyl halides is 2. The van der Waals surface area contributed by atoms with E-state index < -0.39 is 0 Å². The molecule has 0 spiro atoms. The Balaban J connectivity index is 0.000000386. The van der Waals surface area contributed by atoms with Crippen molar-refractivity contribution >= 4 is 42.4 Å². The molecule has 0 saturated heterocycles. The van der Waals surface area contributed by atoms with Crippen LogP contribution in [0, 0.1) is 0 Å². The summed E-state index contributed by atoms with van der Waals surface area (Å²) in [5.41, 5.74) is 0. The molecule has 0 N–H and O–H groups in total. The van der Waals surface area contributed by atoms with Gasteiger partial charge in [-0.1, -0.05) is 69.2 Å². The number of benzene rings is 2. The fraction of sp³-hybridized carbons (Fsp3) is 0.0769. The molecular formula is C13H13Cl2P. The van der Waals surface area contributed by atoms with Crippen molar-refractivity contribution in [1.29, 1.82) is 0 Å². The Morgan fingerprint density at radius 2 is 1.00 bits per heavy atom. The second-order valence-electron chi connectivity index (χ2n) is 2.96. The van der Waals surface area contributed by atoms with Crippen LogP contribution in [0.3, 0.4) is 0 Å². The van der Waals surface area contributed by atoms with Crippen LogP contribution in [0.5, 0.6) is 0 Å². The number of rotatable bonds is 2. The van der Waals surface area contributed by atoms with Gasteiger partial charge in [-0.3, -0.25) is 0 Å². The molecular weight excluding hydrogens is 258 g/mol. The molecule has 0 heterocycles. The van der Waals surface area contributed by atoms with Crippen molar-refractivity contribution < 1.29 is 0 Å². The highest BCUT2D eigenvalue weighted by Gasteiger charge is 1.92. The summed E-state index contributed by atoms with van der Waals surface area (Å²) < 4.78 is 0. The summed E-state index contributed by atoms with van der Waals surface area (Å²) >= 11 is 9.53. The van der Waals surface area contributed by atoms with Crippen LogP contribution in [0.1, 0.15) is 0 Å². The molecule has 0 aliphatic rings. The highest BCUT2D eigenvalue weighted by molar-refractivity contribution is 7.55. The van der Waals surface area contributed by atoms with E-state index in [1.807, 2.05) is 0 Å². The number of hydrogen-bond acceptors (Lipinski definition) is 0. The minimum absolute atomic E-state index is 0.194. The second-order valence-corrected chi connectivity index (χ2v) is 5.17. The van der Waals surface area contributed by atoms with E-state index in [-0.39, 0.29) is 5.34 Å². The highest BCUT2D eigenvalue weighted by Crippen LogP contribution is 2.08. The predicted molar refractivity (Wildman–Crippen MR) is 77.0 cm³/mol. The molecule has 0 radical (unpaired) electrons. The van der Waals surface area contributed by atoms with Gasteiger partial charge < -0.3 is 0 Å². The van der Waals surface area contributed by atoms with Crippen molar-refractivity contribution in [3.63, 3.8) is 0 Å². The zero-order valence-electron chi connectivity index (χ0n) is 8.74. The zero-order valence-corrected chi connectivity index (χ0v) is 11.2. The van der Waals surface area contributed by atoms with Gasteiger partial charge >= 0.3 is 0 Å². The average molecular weight is 271 g/mol. The maximum Gasteiger partial charge on any atom is 0.0967 e. The predicted octanol–water partition coefficient (Wildman–Crippen LogP) is 3.74. The number of halogens is 2. The van der Waals surface area contributed by atoms with Crippen LogP contribution in [0.2, 0.25) is 0 Å². The first kappa shape index (κ1) is 13.5. The van der Waals surface area contributed by atoms with E-state index in [9.17, 15) is 0 Å². The Morgan fingerprint density at radius 1 is 0.688 bits per heavy atom. The minimum atomic E-state index is 0.194. The molecule has 2 rings (SSSR count). The van der Waals surface area contributed by atoms with Gasteiger partial charge in [0.15, 0.2) is 0 Å². The molecule has 84 valence electrons. The molecule has 2 aromatic carbocycles. The van der Waals surface area contributed by atoms with Gasteiger partial charge in [-0.2, -0.15) is 0 Å². The Bertz CT molecular complexity index is 338. The number of hydrogen-bond donors (Lipinski definition) is 0.